The lowest BCUT2D eigenvalue weighted by Gasteiger charge is -2.19. The number of rotatable bonds is 3. The second-order valence-corrected chi connectivity index (χ2v) is 8.36. The van der Waals surface area contributed by atoms with E-state index in [-0.39, 0.29) is 5.78 Å². The number of nitrogen functional groups attached to an aromatic ring is 1. The smallest absolute Gasteiger partial charge is 0.205 e. The average Bonchev–Trinajstić information content (AvgIpc) is 2.97. The number of hydrogen-bond donors (Lipinski definition) is 1. The minimum atomic E-state index is -0.0237. The summed E-state index contributed by atoms with van der Waals surface area (Å²) in [5.41, 5.74) is 11.6. The van der Waals surface area contributed by atoms with Crippen LogP contribution >= 0.6 is 27.3 Å². The van der Waals surface area contributed by atoms with E-state index in [0.717, 1.165) is 34.0 Å². The van der Waals surface area contributed by atoms with Crippen molar-refractivity contribution in [3.8, 4) is 0 Å². The van der Waals surface area contributed by atoms with Crippen molar-refractivity contribution in [1.29, 1.82) is 0 Å². The van der Waals surface area contributed by atoms with Gasteiger partial charge in [-0.2, -0.15) is 0 Å². The Hall–Kier alpha value is -1.72. The van der Waals surface area contributed by atoms with E-state index in [4.69, 9.17) is 10.7 Å². The lowest BCUT2D eigenvalue weighted by atomic mass is 9.88. The first kappa shape index (κ1) is 16.7. The topological polar surface area (TPSA) is 56.0 Å². The van der Waals surface area contributed by atoms with Gasteiger partial charge in [0.05, 0.1) is 5.69 Å². The molecular weight excluding hydrogens is 396 g/mol. The standard InChI is InChI=1S/C20H19BrN2OS/c1-2-15-13-8-3-4-9-14(13)16-17(22)19(25-20(16)23-15)18(24)11-6-5-7-12(21)10-11/h5-7,10H,2-4,8-9,22H2,1H3. The van der Waals surface area contributed by atoms with Crippen LogP contribution in [0.15, 0.2) is 28.7 Å². The van der Waals surface area contributed by atoms with Crippen LogP contribution in [0, 0.1) is 0 Å². The maximum atomic E-state index is 13.0. The predicted molar refractivity (Wildman–Crippen MR) is 108 cm³/mol. The van der Waals surface area contributed by atoms with Gasteiger partial charge >= 0.3 is 0 Å². The zero-order chi connectivity index (χ0) is 17.6. The maximum Gasteiger partial charge on any atom is 0.205 e. The molecule has 0 saturated heterocycles. The Morgan fingerprint density at radius 2 is 2.04 bits per heavy atom. The van der Waals surface area contributed by atoms with Gasteiger partial charge in [-0.25, -0.2) is 4.98 Å². The van der Waals surface area contributed by atoms with Gasteiger partial charge in [-0.15, -0.1) is 11.3 Å². The van der Waals surface area contributed by atoms with E-state index in [2.05, 4.69) is 22.9 Å². The number of pyridine rings is 1. The summed E-state index contributed by atoms with van der Waals surface area (Å²) in [7, 11) is 0. The van der Waals surface area contributed by atoms with Crippen LogP contribution in [0.2, 0.25) is 0 Å². The van der Waals surface area contributed by atoms with E-state index in [9.17, 15) is 4.79 Å². The number of ketones is 1. The molecule has 0 fully saturated rings. The predicted octanol–water partition coefficient (Wildman–Crippen LogP) is 5.31. The normalized spacial score (nSPS) is 13.8. The molecule has 3 aromatic rings. The summed E-state index contributed by atoms with van der Waals surface area (Å²) < 4.78 is 0.891. The van der Waals surface area contributed by atoms with Crippen molar-refractivity contribution in [2.45, 2.75) is 39.0 Å². The molecule has 5 heteroatoms. The molecule has 2 heterocycles. The molecule has 1 aliphatic carbocycles. The molecular formula is C20H19BrN2OS. The molecule has 3 nitrogen and oxygen atoms in total. The minimum Gasteiger partial charge on any atom is -0.397 e. The Balaban J connectivity index is 1.92. The number of benzene rings is 1. The first-order valence-corrected chi connectivity index (χ1v) is 10.2. The summed E-state index contributed by atoms with van der Waals surface area (Å²) in [6.07, 6.45) is 5.42. The zero-order valence-corrected chi connectivity index (χ0v) is 16.5. The third-order valence-corrected chi connectivity index (χ3v) is 6.50. The van der Waals surface area contributed by atoms with Crippen molar-refractivity contribution in [2.75, 3.05) is 5.73 Å². The molecule has 0 atom stereocenters. The molecule has 0 radical (unpaired) electrons. The summed E-state index contributed by atoms with van der Waals surface area (Å²) in [6, 6.07) is 7.45. The molecule has 0 amide bonds. The summed E-state index contributed by atoms with van der Waals surface area (Å²) in [5.74, 6) is -0.0237. The highest BCUT2D eigenvalue weighted by molar-refractivity contribution is 9.10. The van der Waals surface area contributed by atoms with Gasteiger partial charge in [0.1, 0.15) is 9.71 Å². The fourth-order valence-electron chi connectivity index (χ4n) is 3.71. The molecule has 0 unspecified atom stereocenters. The van der Waals surface area contributed by atoms with Crippen LogP contribution in [0.5, 0.6) is 0 Å². The molecule has 0 aliphatic heterocycles. The van der Waals surface area contributed by atoms with Gasteiger partial charge < -0.3 is 5.73 Å². The number of thiophene rings is 1. The van der Waals surface area contributed by atoms with Crippen LogP contribution in [-0.4, -0.2) is 10.8 Å². The number of nitrogens with two attached hydrogens (primary N) is 1. The molecule has 0 saturated carbocycles. The first-order valence-electron chi connectivity index (χ1n) is 8.63. The Kier molecular flexibility index (Phi) is 4.38. The SMILES string of the molecule is CCc1nc2sc(C(=O)c3cccc(Br)c3)c(N)c2c2c1CCCC2. The van der Waals surface area contributed by atoms with E-state index in [1.165, 1.54) is 41.0 Å². The van der Waals surface area contributed by atoms with Gasteiger partial charge in [-0.3, -0.25) is 4.79 Å². The Morgan fingerprint density at radius 3 is 2.76 bits per heavy atom. The fourth-order valence-corrected chi connectivity index (χ4v) is 5.22. The van der Waals surface area contributed by atoms with Crippen LogP contribution in [0.4, 0.5) is 5.69 Å². The molecule has 128 valence electrons. The van der Waals surface area contributed by atoms with Gasteiger partial charge in [0, 0.05) is 21.1 Å². The Morgan fingerprint density at radius 1 is 1.28 bits per heavy atom. The molecule has 1 aromatic carbocycles. The van der Waals surface area contributed by atoms with Gasteiger partial charge in [0.25, 0.3) is 0 Å². The monoisotopic (exact) mass is 414 g/mol. The van der Waals surface area contributed by atoms with Crippen molar-refractivity contribution >= 4 is 49.0 Å². The number of aromatic nitrogens is 1. The highest BCUT2D eigenvalue weighted by Gasteiger charge is 2.25. The number of carbonyl (C=O) groups excluding carboxylic acids is 1. The molecule has 1 aliphatic rings. The summed E-state index contributed by atoms with van der Waals surface area (Å²) in [6.45, 7) is 2.15. The highest BCUT2D eigenvalue weighted by Crippen LogP contribution is 2.40. The number of nitrogens with zero attached hydrogens (tertiary/aromatic N) is 1. The second-order valence-electron chi connectivity index (χ2n) is 6.44. The summed E-state index contributed by atoms with van der Waals surface area (Å²) in [5, 5.41) is 1.02. The van der Waals surface area contributed by atoms with Crippen LogP contribution < -0.4 is 5.73 Å². The fraction of sp³-hybridized carbons (Fsp3) is 0.300. The molecule has 2 aromatic heterocycles. The third kappa shape index (κ3) is 2.79. The van der Waals surface area contributed by atoms with Gasteiger partial charge in [0.15, 0.2) is 0 Å². The molecule has 0 spiro atoms. The van der Waals surface area contributed by atoms with E-state index in [1.807, 2.05) is 24.3 Å². The van der Waals surface area contributed by atoms with Crippen LogP contribution in [0.25, 0.3) is 10.2 Å². The molecule has 4 rings (SSSR count). The lowest BCUT2D eigenvalue weighted by Crippen LogP contribution is -2.09. The largest absolute Gasteiger partial charge is 0.397 e. The lowest BCUT2D eigenvalue weighted by molar-refractivity contribution is 0.104. The second kappa shape index (κ2) is 6.54. The number of fused-ring (bicyclic) bond motifs is 3. The van der Waals surface area contributed by atoms with Crippen molar-refractivity contribution in [2.24, 2.45) is 0 Å². The van der Waals surface area contributed by atoms with Crippen LogP contribution in [0.1, 0.15) is 51.8 Å². The highest BCUT2D eigenvalue weighted by atomic mass is 79.9. The minimum absolute atomic E-state index is 0.0237. The number of hydrogen-bond acceptors (Lipinski definition) is 4. The number of anilines is 1. The van der Waals surface area contributed by atoms with Gasteiger partial charge in [-0.1, -0.05) is 35.0 Å². The van der Waals surface area contributed by atoms with Crippen molar-refractivity contribution in [3.63, 3.8) is 0 Å². The average molecular weight is 415 g/mol. The Labute approximate surface area is 159 Å². The Bertz CT molecular complexity index is 993. The maximum absolute atomic E-state index is 13.0. The van der Waals surface area contributed by atoms with Crippen molar-refractivity contribution in [3.05, 3.63) is 56.0 Å². The number of carbonyl (C=O) groups is 1. The van der Waals surface area contributed by atoms with E-state index in [1.54, 1.807) is 0 Å². The molecule has 2 N–H and O–H groups in total. The quantitative estimate of drug-likeness (QED) is 0.590. The van der Waals surface area contributed by atoms with Crippen molar-refractivity contribution < 1.29 is 4.79 Å². The zero-order valence-electron chi connectivity index (χ0n) is 14.1. The number of halogens is 1. The van der Waals surface area contributed by atoms with Gasteiger partial charge in [0.2, 0.25) is 5.78 Å². The van der Waals surface area contributed by atoms with Crippen LogP contribution in [0.3, 0.4) is 0 Å². The first-order chi connectivity index (χ1) is 12.1. The molecule has 0 bridgehead atoms. The van der Waals surface area contributed by atoms with Crippen LogP contribution in [-0.2, 0) is 19.3 Å². The summed E-state index contributed by atoms with van der Waals surface area (Å²) >= 11 is 4.87. The van der Waals surface area contributed by atoms with Gasteiger partial charge in [-0.05, 0) is 55.4 Å². The number of aryl methyl sites for hydroxylation is 2. The van der Waals surface area contributed by atoms with Crippen molar-refractivity contribution in [1.82, 2.24) is 4.98 Å². The van der Waals surface area contributed by atoms with E-state index < -0.39 is 0 Å². The molecule has 25 heavy (non-hydrogen) atoms. The van der Waals surface area contributed by atoms with E-state index >= 15 is 0 Å². The third-order valence-electron chi connectivity index (χ3n) is 4.91. The van der Waals surface area contributed by atoms with E-state index in [0.29, 0.717) is 16.1 Å². The summed E-state index contributed by atoms with van der Waals surface area (Å²) in [4.78, 5) is 19.4.